The minimum atomic E-state index is -1.08. The van der Waals surface area contributed by atoms with E-state index in [1.807, 2.05) is 45.9 Å². The SMILES string of the molecule is CC(C)c1cccc(C(C)C)c1NC(=O)COC(=O)c1cc([N+](=O)[O-])cc([N+](=O)[O-])c1. The summed E-state index contributed by atoms with van der Waals surface area (Å²) in [5.41, 5.74) is 0.870. The Bertz CT molecular complexity index is 973. The highest BCUT2D eigenvalue weighted by Gasteiger charge is 2.22. The van der Waals surface area contributed by atoms with E-state index in [2.05, 4.69) is 5.32 Å². The molecule has 164 valence electrons. The van der Waals surface area contributed by atoms with Gasteiger partial charge in [0.05, 0.1) is 21.5 Å². The zero-order valence-electron chi connectivity index (χ0n) is 17.6. The number of hydrogen-bond acceptors (Lipinski definition) is 7. The first-order valence-corrected chi connectivity index (χ1v) is 9.54. The van der Waals surface area contributed by atoms with E-state index in [9.17, 15) is 29.8 Å². The van der Waals surface area contributed by atoms with Crippen LogP contribution in [0.1, 0.15) is 61.0 Å². The third kappa shape index (κ3) is 5.84. The van der Waals surface area contributed by atoms with E-state index in [0.29, 0.717) is 5.69 Å². The van der Waals surface area contributed by atoms with Gasteiger partial charge in [-0.25, -0.2) is 4.79 Å². The molecule has 0 aromatic heterocycles. The highest BCUT2D eigenvalue weighted by atomic mass is 16.6. The average molecular weight is 429 g/mol. The Morgan fingerprint density at radius 1 is 0.935 bits per heavy atom. The minimum absolute atomic E-state index is 0.141. The van der Waals surface area contributed by atoms with Crippen molar-refractivity contribution in [2.75, 3.05) is 11.9 Å². The van der Waals surface area contributed by atoms with Gasteiger partial charge in [-0.3, -0.25) is 25.0 Å². The molecule has 0 aliphatic rings. The number of nitrogens with one attached hydrogen (secondary N) is 1. The Morgan fingerprint density at radius 3 is 1.84 bits per heavy atom. The van der Waals surface area contributed by atoms with Gasteiger partial charge in [0.1, 0.15) is 0 Å². The van der Waals surface area contributed by atoms with Crippen molar-refractivity contribution in [2.24, 2.45) is 0 Å². The molecule has 0 fully saturated rings. The maximum absolute atomic E-state index is 12.4. The molecule has 1 N–H and O–H groups in total. The lowest BCUT2D eigenvalue weighted by atomic mass is 9.92. The van der Waals surface area contributed by atoms with E-state index in [1.165, 1.54) is 0 Å². The van der Waals surface area contributed by atoms with Crippen LogP contribution in [-0.2, 0) is 9.53 Å². The maximum atomic E-state index is 12.4. The second kappa shape index (κ2) is 9.79. The number of para-hydroxylation sites is 1. The third-order valence-corrected chi connectivity index (χ3v) is 4.53. The van der Waals surface area contributed by atoms with Crippen LogP contribution in [-0.4, -0.2) is 28.3 Å². The van der Waals surface area contributed by atoms with E-state index < -0.39 is 39.7 Å². The van der Waals surface area contributed by atoms with E-state index in [4.69, 9.17) is 4.74 Å². The average Bonchev–Trinajstić information content (AvgIpc) is 2.71. The summed E-state index contributed by atoms with van der Waals surface area (Å²) in [5.74, 6) is -1.39. The summed E-state index contributed by atoms with van der Waals surface area (Å²) in [5, 5.41) is 24.7. The quantitative estimate of drug-likeness (QED) is 0.368. The number of nitro benzene ring substituents is 2. The molecule has 0 aliphatic heterocycles. The number of carbonyl (C=O) groups excluding carboxylic acids is 2. The van der Waals surface area contributed by atoms with Gasteiger partial charge >= 0.3 is 5.97 Å². The molecule has 0 spiro atoms. The van der Waals surface area contributed by atoms with E-state index >= 15 is 0 Å². The van der Waals surface area contributed by atoms with Gasteiger partial charge in [0, 0.05) is 17.8 Å². The lowest BCUT2D eigenvalue weighted by Crippen LogP contribution is -2.22. The second-order valence-corrected chi connectivity index (χ2v) is 7.50. The summed E-state index contributed by atoms with van der Waals surface area (Å²) in [6.45, 7) is 7.31. The zero-order chi connectivity index (χ0) is 23.3. The molecule has 0 saturated carbocycles. The Kier molecular flexibility index (Phi) is 7.41. The number of rotatable bonds is 8. The monoisotopic (exact) mass is 429 g/mol. The molecule has 10 nitrogen and oxygen atoms in total. The molecule has 2 rings (SSSR count). The minimum Gasteiger partial charge on any atom is -0.452 e. The van der Waals surface area contributed by atoms with Crippen LogP contribution in [0.15, 0.2) is 36.4 Å². The van der Waals surface area contributed by atoms with Crippen LogP contribution in [0, 0.1) is 20.2 Å². The van der Waals surface area contributed by atoms with Gasteiger partial charge in [-0.2, -0.15) is 0 Å². The highest BCUT2D eigenvalue weighted by Crippen LogP contribution is 2.32. The molecule has 0 saturated heterocycles. The normalized spacial score (nSPS) is 10.8. The first kappa shape index (κ1) is 23.5. The van der Waals surface area contributed by atoms with Gasteiger partial charge in [-0.1, -0.05) is 45.9 Å². The molecule has 0 bridgehead atoms. The summed E-state index contributed by atoms with van der Waals surface area (Å²) in [4.78, 5) is 44.9. The zero-order valence-corrected chi connectivity index (χ0v) is 17.6. The van der Waals surface area contributed by atoms with Crippen LogP contribution in [0.5, 0.6) is 0 Å². The number of ether oxygens (including phenoxy) is 1. The second-order valence-electron chi connectivity index (χ2n) is 7.50. The predicted molar refractivity (Wildman–Crippen MR) is 113 cm³/mol. The molecule has 31 heavy (non-hydrogen) atoms. The number of benzene rings is 2. The molecule has 10 heteroatoms. The number of carbonyl (C=O) groups is 2. The summed E-state index contributed by atoms with van der Waals surface area (Å²) in [6, 6.07) is 8.17. The van der Waals surface area contributed by atoms with Gasteiger partial charge in [0.15, 0.2) is 6.61 Å². The molecule has 1 amide bonds. The molecule has 0 atom stereocenters. The molecule has 0 heterocycles. The van der Waals surface area contributed by atoms with E-state index in [0.717, 1.165) is 29.3 Å². The lowest BCUT2D eigenvalue weighted by molar-refractivity contribution is -0.394. The molecule has 0 radical (unpaired) electrons. The largest absolute Gasteiger partial charge is 0.452 e. The van der Waals surface area contributed by atoms with Crippen LogP contribution < -0.4 is 5.32 Å². The van der Waals surface area contributed by atoms with Crippen LogP contribution >= 0.6 is 0 Å². The van der Waals surface area contributed by atoms with Gasteiger partial charge < -0.3 is 10.1 Å². The molecular weight excluding hydrogens is 406 g/mol. The number of nitrogens with zero attached hydrogens (tertiary/aromatic N) is 2. The fourth-order valence-corrected chi connectivity index (χ4v) is 3.01. The van der Waals surface area contributed by atoms with Crippen molar-refractivity contribution in [1.82, 2.24) is 0 Å². The van der Waals surface area contributed by atoms with E-state index in [1.54, 1.807) is 0 Å². The summed E-state index contributed by atoms with van der Waals surface area (Å²) >= 11 is 0. The van der Waals surface area contributed by atoms with Crippen molar-refractivity contribution < 1.29 is 24.2 Å². The third-order valence-electron chi connectivity index (χ3n) is 4.53. The number of hydrogen-bond donors (Lipinski definition) is 1. The van der Waals surface area contributed by atoms with Crippen molar-refractivity contribution in [2.45, 2.75) is 39.5 Å². The number of anilines is 1. The van der Waals surface area contributed by atoms with Crippen molar-refractivity contribution in [3.05, 3.63) is 73.3 Å². The smallest absolute Gasteiger partial charge is 0.339 e. The van der Waals surface area contributed by atoms with Crippen LogP contribution in [0.2, 0.25) is 0 Å². The molecule has 2 aromatic carbocycles. The molecule has 2 aromatic rings. The van der Waals surface area contributed by atoms with Gasteiger partial charge in [0.2, 0.25) is 0 Å². The summed E-state index contributed by atoms with van der Waals surface area (Å²) in [6.07, 6.45) is 0. The van der Waals surface area contributed by atoms with Crippen molar-refractivity contribution in [1.29, 1.82) is 0 Å². The highest BCUT2D eigenvalue weighted by molar-refractivity contribution is 5.97. The first-order chi connectivity index (χ1) is 14.5. The van der Waals surface area contributed by atoms with Crippen LogP contribution in [0.4, 0.5) is 17.1 Å². The Morgan fingerprint density at radius 2 is 1.42 bits per heavy atom. The number of non-ortho nitro benzene ring substituents is 2. The number of amides is 1. The fourth-order valence-electron chi connectivity index (χ4n) is 3.01. The summed E-state index contributed by atoms with van der Waals surface area (Å²) in [7, 11) is 0. The first-order valence-electron chi connectivity index (χ1n) is 9.54. The number of esters is 1. The van der Waals surface area contributed by atoms with Crippen molar-refractivity contribution in [3.8, 4) is 0 Å². The molecule has 0 aliphatic carbocycles. The Balaban J connectivity index is 2.18. The van der Waals surface area contributed by atoms with Crippen molar-refractivity contribution in [3.63, 3.8) is 0 Å². The van der Waals surface area contributed by atoms with Gasteiger partial charge in [0.25, 0.3) is 17.3 Å². The van der Waals surface area contributed by atoms with E-state index in [-0.39, 0.29) is 17.4 Å². The molecule has 0 unspecified atom stereocenters. The Hall–Kier alpha value is -3.82. The maximum Gasteiger partial charge on any atom is 0.339 e. The lowest BCUT2D eigenvalue weighted by Gasteiger charge is -2.20. The standard InChI is InChI=1S/C21H23N3O7/c1-12(2)17-6-5-7-18(13(3)4)20(17)22-19(25)11-31-21(26)14-8-15(23(27)28)10-16(9-14)24(29)30/h5-10,12-13H,11H2,1-4H3,(H,22,25). The predicted octanol–water partition coefficient (Wildman–Crippen LogP) is 4.55. The summed E-state index contributed by atoms with van der Waals surface area (Å²) < 4.78 is 4.94. The number of nitro groups is 2. The van der Waals surface area contributed by atoms with Crippen LogP contribution in [0.3, 0.4) is 0 Å². The Labute approximate surface area is 178 Å². The fraction of sp³-hybridized carbons (Fsp3) is 0.333. The van der Waals surface area contributed by atoms with Crippen molar-refractivity contribution >= 4 is 28.9 Å². The van der Waals surface area contributed by atoms with Gasteiger partial charge in [-0.15, -0.1) is 0 Å². The van der Waals surface area contributed by atoms with Gasteiger partial charge in [-0.05, 0) is 23.0 Å². The topological polar surface area (TPSA) is 142 Å². The molecular formula is C21H23N3O7. The van der Waals surface area contributed by atoms with Crippen LogP contribution in [0.25, 0.3) is 0 Å².